The third-order valence-corrected chi connectivity index (χ3v) is 4.97. The molecule has 1 saturated carbocycles. The van der Waals surface area contributed by atoms with Gasteiger partial charge in [-0.25, -0.2) is 4.68 Å². The van der Waals surface area contributed by atoms with Gasteiger partial charge >= 0.3 is 6.18 Å². The van der Waals surface area contributed by atoms with Gasteiger partial charge in [-0.3, -0.25) is 4.79 Å². The summed E-state index contributed by atoms with van der Waals surface area (Å²) in [7, 11) is 2.08. The number of benzene rings is 1. The van der Waals surface area contributed by atoms with E-state index in [1.165, 1.54) is 31.9 Å². The Hall–Kier alpha value is -2.35. The summed E-state index contributed by atoms with van der Waals surface area (Å²) in [5.74, 6) is -0.196. The summed E-state index contributed by atoms with van der Waals surface area (Å²) < 4.78 is 39.0. The summed E-state index contributed by atoms with van der Waals surface area (Å²) in [6, 6.07) is 7.85. The second-order valence-corrected chi connectivity index (χ2v) is 6.86. The molecule has 3 rings (SSSR count). The molecule has 0 spiro atoms. The Balaban J connectivity index is 1.53. The summed E-state index contributed by atoms with van der Waals surface area (Å²) in [4.78, 5) is 14.5. The summed E-state index contributed by atoms with van der Waals surface area (Å²) in [6.07, 6.45) is 1.75. The number of halogens is 3. The fraction of sp³-hybridized carbons (Fsp3) is 0.474. The molecule has 0 aliphatic heterocycles. The predicted octanol–water partition coefficient (Wildman–Crippen LogP) is 3.50. The average molecular weight is 380 g/mol. The van der Waals surface area contributed by atoms with Crippen molar-refractivity contribution in [2.24, 2.45) is 0 Å². The summed E-state index contributed by atoms with van der Waals surface area (Å²) in [5.41, 5.74) is -0.0239. The van der Waals surface area contributed by atoms with Crippen molar-refractivity contribution in [2.45, 2.75) is 37.9 Å². The number of likely N-dealkylation sites (N-methyl/N-ethyl adjacent to an activating group) is 1. The highest BCUT2D eigenvalue weighted by Crippen LogP contribution is 2.28. The summed E-state index contributed by atoms with van der Waals surface area (Å²) in [5, 5.41) is 6.40. The molecule has 1 amide bonds. The van der Waals surface area contributed by atoms with Crippen LogP contribution < -0.4 is 5.32 Å². The normalized spacial score (nSPS) is 15.4. The van der Waals surface area contributed by atoms with Crippen LogP contribution in [0.25, 0.3) is 5.69 Å². The Kier molecular flexibility index (Phi) is 5.84. The molecule has 8 heteroatoms. The average Bonchev–Trinajstić information content (AvgIpc) is 3.33. The third kappa shape index (κ3) is 4.88. The monoisotopic (exact) mass is 380 g/mol. The number of amides is 1. The molecule has 1 aromatic carbocycles. The van der Waals surface area contributed by atoms with Gasteiger partial charge in [0.1, 0.15) is 0 Å². The lowest BCUT2D eigenvalue weighted by atomic mass is 10.2. The zero-order valence-corrected chi connectivity index (χ0v) is 15.2. The molecule has 0 atom stereocenters. The fourth-order valence-corrected chi connectivity index (χ4v) is 3.36. The number of hydrogen-bond donors (Lipinski definition) is 1. The van der Waals surface area contributed by atoms with Crippen molar-refractivity contribution in [1.29, 1.82) is 0 Å². The standard InChI is InChI=1S/C19H23F3N4O/c1-25(15-4-2-3-5-15)13-11-23-18(27)14-6-8-16(9-7-14)26-12-10-17(24-26)19(20,21)22/h6-10,12,15H,2-5,11,13H2,1H3,(H,23,27). The van der Waals surface area contributed by atoms with E-state index in [9.17, 15) is 18.0 Å². The number of nitrogens with zero attached hydrogens (tertiary/aromatic N) is 3. The maximum absolute atomic E-state index is 12.6. The molecule has 5 nitrogen and oxygen atoms in total. The van der Waals surface area contributed by atoms with Crippen LogP contribution in [0.5, 0.6) is 0 Å². The largest absolute Gasteiger partial charge is 0.435 e. The van der Waals surface area contributed by atoms with Crippen molar-refractivity contribution in [3.05, 3.63) is 47.8 Å². The predicted molar refractivity (Wildman–Crippen MR) is 95.8 cm³/mol. The van der Waals surface area contributed by atoms with Gasteiger partial charge in [-0.05, 0) is 50.2 Å². The zero-order valence-electron chi connectivity index (χ0n) is 15.2. The van der Waals surface area contributed by atoms with Crippen LogP contribution in [0.3, 0.4) is 0 Å². The van der Waals surface area contributed by atoms with Crippen LogP contribution in [0, 0.1) is 0 Å². The minimum Gasteiger partial charge on any atom is -0.351 e. The van der Waals surface area contributed by atoms with E-state index in [-0.39, 0.29) is 5.91 Å². The van der Waals surface area contributed by atoms with Gasteiger partial charge in [0.15, 0.2) is 5.69 Å². The number of aromatic nitrogens is 2. The molecule has 0 bridgehead atoms. The molecule has 1 N–H and O–H groups in total. The fourth-order valence-electron chi connectivity index (χ4n) is 3.36. The molecule has 0 saturated heterocycles. The number of nitrogens with one attached hydrogen (secondary N) is 1. The first-order valence-corrected chi connectivity index (χ1v) is 9.06. The van der Waals surface area contributed by atoms with E-state index in [0.29, 0.717) is 23.8 Å². The molecule has 1 fully saturated rings. The molecule has 0 unspecified atom stereocenters. The second-order valence-electron chi connectivity index (χ2n) is 6.86. The molecule has 1 heterocycles. The summed E-state index contributed by atoms with van der Waals surface area (Å²) >= 11 is 0. The van der Waals surface area contributed by atoms with Crippen molar-refractivity contribution in [1.82, 2.24) is 20.0 Å². The zero-order chi connectivity index (χ0) is 19.4. The molecule has 1 aromatic heterocycles. The number of carbonyl (C=O) groups is 1. The van der Waals surface area contributed by atoms with Gasteiger partial charge in [-0.2, -0.15) is 18.3 Å². The van der Waals surface area contributed by atoms with E-state index in [2.05, 4.69) is 22.4 Å². The quantitative estimate of drug-likeness (QED) is 0.835. The van der Waals surface area contributed by atoms with Crippen LogP contribution in [-0.4, -0.2) is 46.8 Å². The highest BCUT2D eigenvalue weighted by atomic mass is 19.4. The Labute approximate surface area is 156 Å². The van der Waals surface area contributed by atoms with Gasteiger partial charge in [0.05, 0.1) is 5.69 Å². The molecule has 1 aliphatic rings. The number of carbonyl (C=O) groups excluding carboxylic acids is 1. The van der Waals surface area contributed by atoms with E-state index in [0.717, 1.165) is 17.3 Å². The van der Waals surface area contributed by atoms with Crippen molar-refractivity contribution in [3.8, 4) is 5.69 Å². The first-order chi connectivity index (χ1) is 12.8. The molecule has 1 aliphatic carbocycles. The Morgan fingerprint density at radius 2 is 1.89 bits per heavy atom. The lowest BCUT2D eigenvalue weighted by Crippen LogP contribution is -2.37. The van der Waals surface area contributed by atoms with Crippen LogP contribution in [0.2, 0.25) is 0 Å². The van der Waals surface area contributed by atoms with Crippen LogP contribution in [-0.2, 0) is 6.18 Å². The summed E-state index contributed by atoms with van der Waals surface area (Å²) in [6.45, 7) is 1.35. The topological polar surface area (TPSA) is 50.2 Å². The molecule has 27 heavy (non-hydrogen) atoms. The lowest BCUT2D eigenvalue weighted by molar-refractivity contribution is -0.141. The van der Waals surface area contributed by atoms with E-state index < -0.39 is 11.9 Å². The van der Waals surface area contributed by atoms with Gasteiger partial charge in [-0.1, -0.05) is 12.8 Å². The minimum absolute atomic E-state index is 0.196. The van der Waals surface area contributed by atoms with Gasteiger partial charge in [-0.15, -0.1) is 0 Å². The molecule has 2 aromatic rings. The molecule has 146 valence electrons. The maximum Gasteiger partial charge on any atom is 0.435 e. The van der Waals surface area contributed by atoms with Crippen LogP contribution in [0.4, 0.5) is 13.2 Å². The number of alkyl halides is 3. The first-order valence-electron chi connectivity index (χ1n) is 9.06. The van der Waals surface area contributed by atoms with Crippen molar-refractivity contribution >= 4 is 5.91 Å². The van der Waals surface area contributed by atoms with Gasteiger partial charge in [0, 0.05) is 30.9 Å². The van der Waals surface area contributed by atoms with E-state index in [1.54, 1.807) is 24.3 Å². The van der Waals surface area contributed by atoms with Gasteiger partial charge in [0.2, 0.25) is 0 Å². The molecule has 0 radical (unpaired) electrons. The highest BCUT2D eigenvalue weighted by molar-refractivity contribution is 5.94. The van der Waals surface area contributed by atoms with Crippen LogP contribution >= 0.6 is 0 Å². The van der Waals surface area contributed by atoms with Crippen molar-refractivity contribution in [2.75, 3.05) is 20.1 Å². The van der Waals surface area contributed by atoms with Crippen molar-refractivity contribution < 1.29 is 18.0 Å². The first kappa shape index (κ1) is 19.4. The van der Waals surface area contributed by atoms with Gasteiger partial charge in [0.25, 0.3) is 5.91 Å². The van der Waals surface area contributed by atoms with Crippen molar-refractivity contribution in [3.63, 3.8) is 0 Å². The lowest BCUT2D eigenvalue weighted by Gasteiger charge is -2.23. The smallest absolute Gasteiger partial charge is 0.351 e. The van der Waals surface area contributed by atoms with E-state index in [4.69, 9.17) is 0 Å². The van der Waals surface area contributed by atoms with E-state index in [1.807, 2.05) is 0 Å². The Bertz CT molecular complexity index is 764. The Morgan fingerprint density at radius 3 is 2.48 bits per heavy atom. The minimum atomic E-state index is -4.48. The number of hydrogen-bond acceptors (Lipinski definition) is 3. The van der Waals surface area contributed by atoms with Gasteiger partial charge < -0.3 is 10.2 Å². The maximum atomic E-state index is 12.6. The second kappa shape index (κ2) is 8.12. The third-order valence-electron chi connectivity index (χ3n) is 4.97. The van der Waals surface area contributed by atoms with E-state index >= 15 is 0 Å². The van der Waals surface area contributed by atoms with Crippen LogP contribution in [0.1, 0.15) is 41.7 Å². The number of rotatable bonds is 6. The molecular formula is C19H23F3N4O. The van der Waals surface area contributed by atoms with Crippen LogP contribution in [0.15, 0.2) is 36.5 Å². The highest BCUT2D eigenvalue weighted by Gasteiger charge is 2.33. The SMILES string of the molecule is CN(CCNC(=O)c1ccc(-n2ccc(C(F)(F)F)n2)cc1)C1CCCC1. The Morgan fingerprint density at radius 1 is 1.22 bits per heavy atom. The molecular weight excluding hydrogens is 357 g/mol.